The topological polar surface area (TPSA) is 55.1 Å². The van der Waals surface area contributed by atoms with Gasteiger partial charge in [0, 0.05) is 48.6 Å². The molecule has 0 spiro atoms. The zero-order valence-electron chi connectivity index (χ0n) is 5.68. The molecular weight excluding hydrogens is 127 g/mol. The predicted molar refractivity (Wildman–Crippen MR) is 36.0 cm³/mol. The van der Waals surface area contributed by atoms with Crippen LogP contribution in [0.15, 0.2) is 0 Å². The Labute approximate surface area is 76.7 Å². The number of hydrogen-bond acceptors (Lipinski definition) is 2. The summed E-state index contributed by atoms with van der Waals surface area (Å²) >= 11 is 0. The van der Waals surface area contributed by atoms with Crippen LogP contribution in [-0.4, -0.2) is 48.1 Å². The van der Waals surface area contributed by atoms with Gasteiger partial charge in [-0.25, -0.2) is 0 Å². The van der Waals surface area contributed by atoms with Crippen molar-refractivity contribution in [2.24, 2.45) is 5.73 Å². The molecule has 1 saturated heterocycles. The van der Waals surface area contributed by atoms with Gasteiger partial charge in [-0.3, -0.25) is 4.79 Å². The normalized spacial score (nSPS) is 26.3. The molecule has 0 aliphatic carbocycles. The third-order valence-corrected chi connectivity index (χ3v) is 1.28. The number of nitrogens with two attached hydrogens (primary N) is 1. The molecule has 4 heteroatoms. The van der Waals surface area contributed by atoms with Crippen molar-refractivity contribution in [3.8, 4) is 0 Å². The molecule has 1 heterocycles. The van der Waals surface area contributed by atoms with E-state index in [9.17, 15) is 4.79 Å². The second kappa shape index (κ2) is 4.28. The standard InChI is InChI=1S/C5H10N2O.Na/c6-4-1-2-7-5(8)3-4;/h4H,1-3,6H2,(H,7,8);/t4-;/m0./s1. The Hall–Kier alpha value is 0.430. The molecule has 0 saturated carbocycles. The predicted octanol–water partition coefficient (Wildman–Crippen LogP) is -1.16. The van der Waals surface area contributed by atoms with Crippen molar-refractivity contribution in [3.63, 3.8) is 0 Å². The molecule has 1 aliphatic heterocycles. The van der Waals surface area contributed by atoms with E-state index < -0.39 is 0 Å². The Morgan fingerprint density at radius 3 is 2.67 bits per heavy atom. The molecule has 1 fully saturated rings. The van der Waals surface area contributed by atoms with Gasteiger partial charge in [0.25, 0.3) is 0 Å². The van der Waals surface area contributed by atoms with Gasteiger partial charge in [-0.2, -0.15) is 0 Å². The molecular formula is C5H10N2NaO. The minimum absolute atomic E-state index is 0. The smallest absolute Gasteiger partial charge is 0.221 e. The summed E-state index contributed by atoms with van der Waals surface area (Å²) in [5.41, 5.74) is 5.46. The maximum Gasteiger partial charge on any atom is 0.221 e. The first kappa shape index (κ1) is 9.43. The Balaban J connectivity index is 0.000000640. The van der Waals surface area contributed by atoms with E-state index in [0.29, 0.717) is 6.42 Å². The van der Waals surface area contributed by atoms with Crippen molar-refractivity contribution in [2.75, 3.05) is 6.54 Å². The van der Waals surface area contributed by atoms with Gasteiger partial charge >= 0.3 is 0 Å². The maximum atomic E-state index is 10.5. The molecule has 0 bridgehead atoms. The first-order valence-electron chi connectivity index (χ1n) is 2.81. The molecule has 0 aromatic heterocycles. The summed E-state index contributed by atoms with van der Waals surface area (Å²) in [6, 6.07) is 0.101. The molecule has 3 N–H and O–H groups in total. The van der Waals surface area contributed by atoms with Crippen molar-refractivity contribution < 1.29 is 4.79 Å². The van der Waals surface area contributed by atoms with Crippen LogP contribution in [0.1, 0.15) is 12.8 Å². The van der Waals surface area contributed by atoms with Crippen molar-refractivity contribution in [1.82, 2.24) is 5.32 Å². The molecule has 1 radical (unpaired) electrons. The van der Waals surface area contributed by atoms with Crippen LogP contribution in [0.2, 0.25) is 0 Å². The van der Waals surface area contributed by atoms with Gasteiger partial charge in [-0.1, -0.05) is 0 Å². The minimum Gasteiger partial charge on any atom is -0.356 e. The second-order valence-corrected chi connectivity index (χ2v) is 2.10. The fraction of sp³-hybridized carbons (Fsp3) is 0.800. The SMILES string of the molecule is N[C@H]1CCNC(=O)C1.[Na]. The second-order valence-electron chi connectivity index (χ2n) is 2.10. The van der Waals surface area contributed by atoms with Crippen LogP contribution in [-0.2, 0) is 4.79 Å². The first-order chi connectivity index (χ1) is 3.79. The van der Waals surface area contributed by atoms with Gasteiger partial charge in [-0.15, -0.1) is 0 Å². The Morgan fingerprint density at radius 1 is 1.67 bits per heavy atom. The summed E-state index contributed by atoms with van der Waals surface area (Å²) in [6.45, 7) is 0.750. The molecule has 0 aromatic rings. The molecule has 9 heavy (non-hydrogen) atoms. The van der Waals surface area contributed by atoms with Crippen LogP contribution in [0.25, 0.3) is 0 Å². The van der Waals surface area contributed by atoms with Crippen LogP contribution in [0.3, 0.4) is 0 Å². The van der Waals surface area contributed by atoms with Crippen LogP contribution < -0.4 is 11.1 Å². The van der Waals surface area contributed by atoms with E-state index >= 15 is 0 Å². The van der Waals surface area contributed by atoms with E-state index in [0.717, 1.165) is 13.0 Å². The van der Waals surface area contributed by atoms with Gasteiger partial charge in [0.15, 0.2) is 0 Å². The van der Waals surface area contributed by atoms with Crippen molar-refractivity contribution in [1.29, 1.82) is 0 Å². The fourth-order valence-electron chi connectivity index (χ4n) is 0.809. The number of nitrogens with one attached hydrogen (secondary N) is 1. The Morgan fingerprint density at radius 2 is 2.33 bits per heavy atom. The van der Waals surface area contributed by atoms with Crippen molar-refractivity contribution in [2.45, 2.75) is 18.9 Å². The van der Waals surface area contributed by atoms with Gasteiger partial charge in [-0.05, 0) is 6.42 Å². The number of carbonyl (C=O) groups excluding carboxylic acids is 1. The molecule has 0 aromatic carbocycles. The molecule has 1 aliphatic rings. The van der Waals surface area contributed by atoms with E-state index in [1.165, 1.54) is 0 Å². The van der Waals surface area contributed by atoms with E-state index in [-0.39, 0.29) is 41.5 Å². The zero-order chi connectivity index (χ0) is 5.98. The van der Waals surface area contributed by atoms with Crippen LogP contribution in [0, 0.1) is 0 Å². The van der Waals surface area contributed by atoms with Crippen LogP contribution in [0.4, 0.5) is 0 Å². The minimum atomic E-state index is 0. The number of rotatable bonds is 0. The van der Waals surface area contributed by atoms with Crippen molar-refractivity contribution in [3.05, 3.63) is 0 Å². The van der Waals surface area contributed by atoms with Crippen LogP contribution in [0.5, 0.6) is 0 Å². The number of piperidine rings is 1. The van der Waals surface area contributed by atoms with Gasteiger partial charge in [0.1, 0.15) is 0 Å². The largest absolute Gasteiger partial charge is 0.356 e. The number of hydrogen-bond donors (Lipinski definition) is 2. The number of carbonyl (C=O) groups is 1. The summed E-state index contributed by atoms with van der Waals surface area (Å²) in [4.78, 5) is 10.5. The molecule has 1 atom stereocenters. The van der Waals surface area contributed by atoms with E-state index in [1.807, 2.05) is 0 Å². The summed E-state index contributed by atoms with van der Waals surface area (Å²) in [7, 11) is 0. The molecule has 1 amide bonds. The van der Waals surface area contributed by atoms with Crippen molar-refractivity contribution >= 4 is 35.5 Å². The van der Waals surface area contributed by atoms with E-state index in [1.54, 1.807) is 0 Å². The van der Waals surface area contributed by atoms with Crippen LogP contribution >= 0.6 is 0 Å². The van der Waals surface area contributed by atoms with Gasteiger partial charge in [0.2, 0.25) is 5.91 Å². The molecule has 3 nitrogen and oxygen atoms in total. The molecule has 1 rings (SSSR count). The maximum absolute atomic E-state index is 10.5. The third-order valence-electron chi connectivity index (χ3n) is 1.28. The van der Waals surface area contributed by atoms with Gasteiger partial charge in [0.05, 0.1) is 0 Å². The number of amides is 1. The monoisotopic (exact) mass is 137 g/mol. The summed E-state index contributed by atoms with van der Waals surface area (Å²) in [6.07, 6.45) is 1.42. The molecule has 0 unspecified atom stereocenters. The van der Waals surface area contributed by atoms with E-state index in [2.05, 4.69) is 5.32 Å². The summed E-state index contributed by atoms with van der Waals surface area (Å²) in [5.74, 6) is 0.0868. The quantitative estimate of drug-likeness (QED) is 0.414. The van der Waals surface area contributed by atoms with E-state index in [4.69, 9.17) is 5.73 Å². The summed E-state index contributed by atoms with van der Waals surface area (Å²) < 4.78 is 0. The first-order valence-corrected chi connectivity index (χ1v) is 2.81. The average Bonchev–Trinajstić information content (AvgIpc) is 1.64. The summed E-state index contributed by atoms with van der Waals surface area (Å²) in [5, 5.41) is 2.69. The van der Waals surface area contributed by atoms with Gasteiger partial charge < -0.3 is 11.1 Å². The third kappa shape index (κ3) is 3.20. The fourth-order valence-corrected chi connectivity index (χ4v) is 0.809. The Kier molecular flexibility index (Phi) is 4.48. The molecule has 47 valence electrons. The Bertz CT molecular complexity index is 107. The zero-order valence-corrected chi connectivity index (χ0v) is 7.68. The average molecular weight is 137 g/mol.